The summed E-state index contributed by atoms with van der Waals surface area (Å²) in [6.45, 7) is 6.98. The first kappa shape index (κ1) is 20.3. The lowest BCUT2D eigenvalue weighted by atomic mass is 9.98. The van der Waals surface area contributed by atoms with E-state index in [2.05, 4.69) is 22.3 Å². The number of methoxy groups -OCH3 is 1. The number of likely N-dealkylation sites (tertiary alicyclic amines) is 1. The van der Waals surface area contributed by atoms with E-state index in [9.17, 15) is 4.79 Å². The number of nitrogens with zero attached hydrogens (tertiary/aromatic N) is 3. The van der Waals surface area contributed by atoms with Gasteiger partial charge >= 0.3 is 0 Å². The van der Waals surface area contributed by atoms with Gasteiger partial charge in [0.2, 0.25) is 0 Å². The predicted octanol–water partition coefficient (Wildman–Crippen LogP) is 5.05. The zero-order valence-electron chi connectivity index (χ0n) is 18.6. The van der Waals surface area contributed by atoms with E-state index in [1.807, 2.05) is 49.9 Å². The van der Waals surface area contributed by atoms with Crippen LogP contribution in [0.3, 0.4) is 0 Å². The lowest BCUT2D eigenvalue weighted by molar-refractivity contribution is 0.0792. The molecule has 32 heavy (non-hydrogen) atoms. The summed E-state index contributed by atoms with van der Waals surface area (Å²) in [5, 5.41) is 4.73. The number of hydrogen-bond acceptors (Lipinski definition) is 6. The number of rotatable bonds is 4. The Balaban J connectivity index is 1.49. The van der Waals surface area contributed by atoms with Crippen molar-refractivity contribution >= 4 is 17.0 Å². The van der Waals surface area contributed by atoms with Crippen molar-refractivity contribution < 1.29 is 18.5 Å². The minimum atomic E-state index is -0.0289. The van der Waals surface area contributed by atoms with Crippen LogP contribution in [0.25, 0.3) is 22.4 Å². The molecule has 5 rings (SSSR count). The average molecular weight is 431 g/mol. The number of carbonyl (C=O) groups is 1. The second-order valence-corrected chi connectivity index (χ2v) is 8.34. The molecule has 0 N–H and O–H groups in total. The zero-order valence-corrected chi connectivity index (χ0v) is 18.6. The number of carbonyl (C=O) groups excluding carboxylic acids is 1. The third-order valence-electron chi connectivity index (χ3n) is 6.23. The third kappa shape index (κ3) is 3.43. The van der Waals surface area contributed by atoms with Gasteiger partial charge in [0.05, 0.1) is 29.4 Å². The van der Waals surface area contributed by atoms with Gasteiger partial charge in [-0.3, -0.25) is 4.79 Å². The summed E-state index contributed by atoms with van der Waals surface area (Å²) in [5.41, 5.74) is 4.31. The largest absolute Gasteiger partial charge is 0.497 e. The zero-order chi connectivity index (χ0) is 22.4. The van der Waals surface area contributed by atoms with Crippen molar-refractivity contribution in [1.29, 1.82) is 0 Å². The molecule has 1 unspecified atom stereocenters. The van der Waals surface area contributed by atoms with Crippen LogP contribution in [0.4, 0.5) is 0 Å². The molecule has 1 aliphatic heterocycles. The van der Waals surface area contributed by atoms with Crippen LogP contribution in [-0.4, -0.2) is 41.1 Å². The first-order chi connectivity index (χ1) is 15.4. The van der Waals surface area contributed by atoms with Crippen molar-refractivity contribution in [3.8, 4) is 17.0 Å². The maximum absolute atomic E-state index is 13.6. The molecule has 7 heteroatoms. The van der Waals surface area contributed by atoms with Gasteiger partial charge < -0.3 is 18.6 Å². The van der Waals surface area contributed by atoms with Gasteiger partial charge in [-0.25, -0.2) is 4.98 Å². The number of ether oxygens (including phenoxy) is 1. The van der Waals surface area contributed by atoms with E-state index < -0.39 is 0 Å². The SMILES string of the molecule is COc1ccc(C2CCN(C(=O)c3cc(-c4cc(C)oc4C)nc4onc(C)c34)C2)cc1. The molecule has 1 amide bonds. The number of aryl methyl sites for hydroxylation is 3. The fourth-order valence-electron chi connectivity index (χ4n) is 4.55. The number of furan rings is 1. The molecule has 1 fully saturated rings. The summed E-state index contributed by atoms with van der Waals surface area (Å²) in [6.07, 6.45) is 0.918. The first-order valence-electron chi connectivity index (χ1n) is 10.7. The van der Waals surface area contributed by atoms with Crippen LogP contribution in [0.2, 0.25) is 0 Å². The second kappa shape index (κ2) is 7.82. The molecule has 1 aliphatic rings. The molecule has 4 aromatic rings. The van der Waals surface area contributed by atoms with Gasteiger partial charge in [0.25, 0.3) is 11.6 Å². The van der Waals surface area contributed by atoms with Crippen LogP contribution in [0.15, 0.2) is 45.3 Å². The molecule has 1 atom stereocenters. The molecule has 7 nitrogen and oxygen atoms in total. The van der Waals surface area contributed by atoms with Crippen molar-refractivity contribution in [1.82, 2.24) is 15.0 Å². The summed E-state index contributed by atoms with van der Waals surface area (Å²) >= 11 is 0. The standard InChI is InChI=1S/C25H25N3O4/c1-14-11-20(16(3)31-14)22-12-21(23-15(2)27-32-24(23)26-22)25(29)28-10-9-18(13-28)17-5-7-19(30-4)8-6-17/h5-8,11-12,18H,9-10,13H2,1-4H3. The maximum Gasteiger partial charge on any atom is 0.259 e. The molecule has 3 aromatic heterocycles. The molecular formula is C25H25N3O4. The molecule has 4 heterocycles. The van der Waals surface area contributed by atoms with E-state index in [0.717, 1.165) is 29.3 Å². The maximum atomic E-state index is 13.6. The number of fused-ring (bicyclic) bond motifs is 1. The van der Waals surface area contributed by atoms with Crippen molar-refractivity contribution in [2.45, 2.75) is 33.1 Å². The molecule has 1 aromatic carbocycles. The Morgan fingerprint density at radius 2 is 1.94 bits per heavy atom. The Kier molecular flexibility index (Phi) is 4.96. The van der Waals surface area contributed by atoms with Crippen LogP contribution in [0.1, 0.15) is 45.5 Å². The van der Waals surface area contributed by atoms with Gasteiger partial charge in [0.15, 0.2) is 0 Å². The summed E-state index contributed by atoms with van der Waals surface area (Å²) in [4.78, 5) is 20.2. The summed E-state index contributed by atoms with van der Waals surface area (Å²) in [5.74, 6) is 2.65. The Hall–Kier alpha value is -3.61. The molecule has 0 bridgehead atoms. The van der Waals surface area contributed by atoms with Gasteiger partial charge in [-0.05, 0) is 57.0 Å². The van der Waals surface area contributed by atoms with Crippen LogP contribution in [0.5, 0.6) is 5.75 Å². The molecule has 0 spiro atoms. The van der Waals surface area contributed by atoms with Crippen molar-refractivity contribution in [3.05, 3.63) is 64.7 Å². The van der Waals surface area contributed by atoms with Crippen molar-refractivity contribution in [2.75, 3.05) is 20.2 Å². The monoisotopic (exact) mass is 431 g/mol. The smallest absolute Gasteiger partial charge is 0.259 e. The van der Waals surface area contributed by atoms with Crippen LogP contribution in [-0.2, 0) is 0 Å². The number of hydrogen-bond donors (Lipinski definition) is 0. The van der Waals surface area contributed by atoms with Gasteiger partial charge in [0.1, 0.15) is 17.3 Å². The van der Waals surface area contributed by atoms with E-state index in [4.69, 9.17) is 13.7 Å². The van der Waals surface area contributed by atoms with E-state index in [0.29, 0.717) is 47.1 Å². The molecular weight excluding hydrogens is 406 g/mol. The Morgan fingerprint density at radius 3 is 2.62 bits per heavy atom. The van der Waals surface area contributed by atoms with Crippen molar-refractivity contribution in [2.24, 2.45) is 0 Å². The highest BCUT2D eigenvalue weighted by molar-refractivity contribution is 6.07. The second-order valence-electron chi connectivity index (χ2n) is 8.34. The Morgan fingerprint density at radius 1 is 1.16 bits per heavy atom. The minimum Gasteiger partial charge on any atom is -0.497 e. The van der Waals surface area contributed by atoms with E-state index in [-0.39, 0.29) is 5.91 Å². The Bertz CT molecular complexity index is 1300. The fourth-order valence-corrected chi connectivity index (χ4v) is 4.55. The Labute approximate surface area is 186 Å². The number of amides is 1. The summed E-state index contributed by atoms with van der Waals surface area (Å²) in [6, 6.07) is 11.9. The van der Waals surface area contributed by atoms with Gasteiger partial charge in [-0.2, -0.15) is 0 Å². The highest BCUT2D eigenvalue weighted by atomic mass is 16.5. The topological polar surface area (TPSA) is 81.6 Å². The normalized spacial score (nSPS) is 16.1. The van der Waals surface area contributed by atoms with Gasteiger partial charge in [0, 0.05) is 24.6 Å². The number of aromatic nitrogens is 2. The van der Waals surface area contributed by atoms with Crippen LogP contribution < -0.4 is 4.74 Å². The van der Waals surface area contributed by atoms with E-state index in [1.54, 1.807) is 7.11 Å². The third-order valence-corrected chi connectivity index (χ3v) is 6.23. The minimum absolute atomic E-state index is 0.0289. The average Bonchev–Trinajstić information content (AvgIpc) is 3.52. The highest BCUT2D eigenvalue weighted by Crippen LogP contribution is 2.33. The van der Waals surface area contributed by atoms with Crippen molar-refractivity contribution in [3.63, 3.8) is 0 Å². The molecule has 0 aliphatic carbocycles. The summed E-state index contributed by atoms with van der Waals surface area (Å²) in [7, 11) is 1.66. The van der Waals surface area contributed by atoms with Crippen LogP contribution in [0, 0.1) is 20.8 Å². The quantitative estimate of drug-likeness (QED) is 0.450. The van der Waals surface area contributed by atoms with E-state index >= 15 is 0 Å². The predicted molar refractivity (Wildman–Crippen MR) is 120 cm³/mol. The number of pyridine rings is 1. The molecule has 0 radical (unpaired) electrons. The van der Waals surface area contributed by atoms with E-state index in [1.165, 1.54) is 5.56 Å². The van der Waals surface area contributed by atoms with Crippen LogP contribution >= 0.6 is 0 Å². The first-order valence-corrected chi connectivity index (χ1v) is 10.7. The van der Waals surface area contributed by atoms with Gasteiger partial charge in [-0.1, -0.05) is 17.3 Å². The molecule has 164 valence electrons. The summed E-state index contributed by atoms with van der Waals surface area (Å²) < 4.78 is 16.4. The lowest BCUT2D eigenvalue weighted by Gasteiger charge is -2.18. The van der Waals surface area contributed by atoms with Gasteiger partial charge in [-0.15, -0.1) is 0 Å². The number of benzene rings is 1. The fraction of sp³-hybridized carbons (Fsp3) is 0.320. The lowest BCUT2D eigenvalue weighted by Crippen LogP contribution is -2.28. The molecule has 0 saturated carbocycles. The highest BCUT2D eigenvalue weighted by Gasteiger charge is 2.30. The molecule has 1 saturated heterocycles.